The predicted octanol–water partition coefficient (Wildman–Crippen LogP) is 3.21. The summed E-state index contributed by atoms with van der Waals surface area (Å²) in [7, 11) is 0. The van der Waals surface area contributed by atoms with Crippen LogP contribution in [0.1, 0.15) is 25.1 Å². The van der Waals surface area contributed by atoms with Crippen molar-refractivity contribution >= 4 is 28.6 Å². The number of aromatic nitrogens is 5. The van der Waals surface area contributed by atoms with Crippen molar-refractivity contribution in [1.82, 2.24) is 30.0 Å². The average molecular weight is 479 g/mol. The largest absolute Gasteiger partial charge is 0.411 e. The number of pyridine rings is 1. The zero-order chi connectivity index (χ0) is 24.3. The number of nitrogens with zero attached hydrogens (tertiary/aromatic N) is 6. The molecule has 3 aromatic rings. The summed E-state index contributed by atoms with van der Waals surface area (Å²) in [5.74, 6) is 1.69. The van der Waals surface area contributed by atoms with Crippen LogP contribution in [0.15, 0.2) is 18.3 Å². The SMILES string of the molecule is CCc1nn(CCOCC(F)(F)F)c2c(Nc3ccc(C)cn3)nc(N3CCN[C@H](C)C3)nc12. The lowest BCUT2D eigenvalue weighted by atomic mass is 10.2. The van der Waals surface area contributed by atoms with Crippen LogP contribution in [0, 0.1) is 6.92 Å². The molecule has 34 heavy (non-hydrogen) atoms. The molecule has 2 N–H and O–H groups in total. The van der Waals surface area contributed by atoms with E-state index in [2.05, 4.69) is 32.5 Å². The molecule has 12 heteroatoms. The second-order valence-corrected chi connectivity index (χ2v) is 8.41. The molecule has 1 fully saturated rings. The van der Waals surface area contributed by atoms with E-state index in [-0.39, 0.29) is 13.2 Å². The Balaban J connectivity index is 1.73. The van der Waals surface area contributed by atoms with E-state index in [1.165, 1.54) is 0 Å². The first kappa shape index (κ1) is 24.1. The molecule has 0 amide bonds. The normalized spacial score (nSPS) is 16.9. The summed E-state index contributed by atoms with van der Waals surface area (Å²) in [6.07, 6.45) is -2.01. The van der Waals surface area contributed by atoms with Crippen molar-refractivity contribution in [3.05, 3.63) is 29.6 Å². The Morgan fingerprint density at radius 2 is 2.09 bits per heavy atom. The summed E-state index contributed by atoms with van der Waals surface area (Å²) >= 11 is 0. The zero-order valence-electron chi connectivity index (χ0n) is 19.5. The van der Waals surface area contributed by atoms with Gasteiger partial charge in [-0.1, -0.05) is 13.0 Å². The maximum absolute atomic E-state index is 12.5. The molecule has 9 nitrogen and oxygen atoms in total. The Kier molecular flexibility index (Phi) is 7.17. The number of fused-ring (bicyclic) bond motifs is 1. The molecule has 3 aromatic heterocycles. The summed E-state index contributed by atoms with van der Waals surface area (Å²) in [6, 6.07) is 4.08. The van der Waals surface area contributed by atoms with Gasteiger partial charge in [-0.3, -0.25) is 4.68 Å². The Morgan fingerprint density at radius 3 is 2.76 bits per heavy atom. The molecule has 0 spiro atoms. The molecule has 1 aliphatic rings. The van der Waals surface area contributed by atoms with Gasteiger partial charge in [-0.2, -0.15) is 23.3 Å². The molecule has 1 atom stereocenters. The number of hydrogen-bond acceptors (Lipinski definition) is 8. The summed E-state index contributed by atoms with van der Waals surface area (Å²) < 4.78 is 43.9. The number of alkyl halides is 3. The van der Waals surface area contributed by atoms with Crippen LogP contribution in [-0.2, 0) is 17.7 Å². The van der Waals surface area contributed by atoms with E-state index in [0.29, 0.717) is 41.1 Å². The molecule has 0 unspecified atom stereocenters. The van der Waals surface area contributed by atoms with Gasteiger partial charge in [-0.05, 0) is 31.9 Å². The van der Waals surface area contributed by atoms with Gasteiger partial charge in [-0.15, -0.1) is 0 Å². The highest BCUT2D eigenvalue weighted by atomic mass is 19.4. The molecule has 184 valence electrons. The van der Waals surface area contributed by atoms with Crippen LogP contribution in [-0.4, -0.2) is 69.8 Å². The number of hydrogen-bond donors (Lipinski definition) is 2. The third kappa shape index (κ3) is 5.73. The van der Waals surface area contributed by atoms with Crippen LogP contribution in [0.3, 0.4) is 0 Å². The lowest BCUT2D eigenvalue weighted by Crippen LogP contribution is -2.49. The zero-order valence-corrected chi connectivity index (χ0v) is 19.5. The van der Waals surface area contributed by atoms with Crippen molar-refractivity contribution in [2.45, 2.75) is 46.0 Å². The second kappa shape index (κ2) is 10.1. The standard InChI is InChI=1S/C22H29F3N8O/c1-4-16-18-19(33(31-16)9-10-34-13-22(23,24)25)20(28-17-6-5-14(2)11-27-17)30-21(29-18)32-8-7-26-15(3)12-32/h5-6,11,15,26H,4,7-10,12-13H2,1-3H3,(H,27,28,29,30)/t15-/m1/s1. The van der Waals surface area contributed by atoms with Crippen molar-refractivity contribution in [2.75, 3.05) is 43.1 Å². The van der Waals surface area contributed by atoms with E-state index in [4.69, 9.17) is 14.7 Å². The summed E-state index contributed by atoms with van der Waals surface area (Å²) in [4.78, 5) is 16.2. The summed E-state index contributed by atoms with van der Waals surface area (Å²) in [5, 5.41) is 11.3. The third-order valence-electron chi connectivity index (χ3n) is 5.50. The Hall–Kier alpha value is -2.99. The minimum absolute atomic E-state index is 0.135. The highest BCUT2D eigenvalue weighted by Gasteiger charge is 2.28. The van der Waals surface area contributed by atoms with Crippen molar-refractivity contribution < 1.29 is 17.9 Å². The van der Waals surface area contributed by atoms with Crippen LogP contribution in [0.5, 0.6) is 0 Å². The third-order valence-corrected chi connectivity index (χ3v) is 5.50. The van der Waals surface area contributed by atoms with Crippen molar-refractivity contribution in [3.8, 4) is 0 Å². The van der Waals surface area contributed by atoms with Gasteiger partial charge >= 0.3 is 6.18 Å². The first-order valence-corrected chi connectivity index (χ1v) is 11.3. The summed E-state index contributed by atoms with van der Waals surface area (Å²) in [5.41, 5.74) is 3.05. The van der Waals surface area contributed by atoms with Crippen LogP contribution >= 0.6 is 0 Å². The Labute approximate surface area is 195 Å². The van der Waals surface area contributed by atoms with E-state index in [1.807, 2.05) is 26.0 Å². The molecule has 1 aliphatic heterocycles. The van der Waals surface area contributed by atoms with E-state index in [1.54, 1.807) is 10.9 Å². The van der Waals surface area contributed by atoms with E-state index in [0.717, 1.165) is 30.9 Å². The lowest BCUT2D eigenvalue weighted by Gasteiger charge is -2.32. The smallest absolute Gasteiger partial charge is 0.370 e. The molecule has 4 rings (SSSR count). The van der Waals surface area contributed by atoms with Gasteiger partial charge in [0.15, 0.2) is 5.82 Å². The molecular formula is C22H29F3N8O. The predicted molar refractivity (Wildman–Crippen MR) is 124 cm³/mol. The van der Waals surface area contributed by atoms with Crippen LogP contribution in [0.2, 0.25) is 0 Å². The van der Waals surface area contributed by atoms with Crippen LogP contribution < -0.4 is 15.5 Å². The number of aryl methyl sites for hydroxylation is 2. The molecule has 0 saturated carbocycles. The molecule has 1 saturated heterocycles. The van der Waals surface area contributed by atoms with Gasteiger partial charge in [0, 0.05) is 31.9 Å². The number of halogens is 3. The van der Waals surface area contributed by atoms with Crippen molar-refractivity contribution in [2.24, 2.45) is 0 Å². The van der Waals surface area contributed by atoms with E-state index < -0.39 is 12.8 Å². The minimum atomic E-state index is -4.37. The van der Waals surface area contributed by atoms with E-state index >= 15 is 0 Å². The fourth-order valence-electron chi connectivity index (χ4n) is 3.88. The highest BCUT2D eigenvalue weighted by Crippen LogP contribution is 2.29. The van der Waals surface area contributed by atoms with Gasteiger partial charge in [0.2, 0.25) is 5.95 Å². The average Bonchev–Trinajstić information content (AvgIpc) is 3.15. The van der Waals surface area contributed by atoms with Crippen molar-refractivity contribution in [1.29, 1.82) is 0 Å². The topological polar surface area (TPSA) is 93.0 Å². The Morgan fingerprint density at radius 1 is 1.26 bits per heavy atom. The maximum Gasteiger partial charge on any atom is 0.411 e. The van der Waals surface area contributed by atoms with Gasteiger partial charge in [-0.25, -0.2) is 9.97 Å². The number of nitrogens with one attached hydrogen (secondary N) is 2. The number of piperazine rings is 1. The fraction of sp³-hybridized carbons (Fsp3) is 0.545. The molecule has 0 bridgehead atoms. The molecule has 0 aromatic carbocycles. The lowest BCUT2D eigenvalue weighted by molar-refractivity contribution is -0.174. The summed E-state index contributed by atoms with van der Waals surface area (Å²) in [6.45, 7) is 7.07. The highest BCUT2D eigenvalue weighted by molar-refractivity contribution is 5.90. The first-order valence-electron chi connectivity index (χ1n) is 11.3. The molecule has 0 aliphatic carbocycles. The van der Waals surface area contributed by atoms with Crippen LogP contribution in [0.25, 0.3) is 11.0 Å². The maximum atomic E-state index is 12.5. The van der Waals surface area contributed by atoms with Gasteiger partial charge in [0.25, 0.3) is 0 Å². The van der Waals surface area contributed by atoms with Crippen LogP contribution in [0.4, 0.5) is 30.8 Å². The minimum Gasteiger partial charge on any atom is -0.370 e. The van der Waals surface area contributed by atoms with Gasteiger partial charge in [0.1, 0.15) is 23.5 Å². The van der Waals surface area contributed by atoms with E-state index in [9.17, 15) is 13.2 Å². The quantitative estimate of drug-likeness (QED) is 0.477. The van der Waals surface area contributed by atoms with Gasteiger partial charge in [0.05, 0.1) is 18.8 Å². The number of anilines is 3. The monoisotopic (exact) mass is 478 g/mol. The molecule has 0 radical (unpaired) electrons. The van der Waals surface area contributed by atoms with Gasteiger partial charge < -0.3 is 20.3 Å². The van der Waals surface area contributed by atoms with Crippen molar-refractivity contribution in [3.63, 3.8) is 0 Å². The molecular weight excluding hydrogens is 449 g/mol. The molecule has 4 heterocycles. The second-order valence-electron chi connectivity index (χ2n) is 8.41. The number of ether oxygens (including phenoxy) is 1. The number of rotatable bonds is 8. The first-order chi connectivity index (χ1) is 16.2. The fourth-order valence-corrected chi connectivity index (χ4v) is 3.88. The Bertz CT molecular complexity index is 1120.